The fraction of sp³-hybridized carbons (Fsp3) is 0.0556. The second kappa shape index (κ2) is 5.39. The summed E-state index contributed by atoms with van der Waals surface area (Å²) in [7, 11) is 0. The molecule has 0 unspecified atom stereocenters. The second-order valence-corrected chi connectivity index (χ2v) is 5.80. The smallest absolute Gasteiger partial charge is 0.265 e. The molecular weight excluding hydrogens is 331 g/mol. The van der Waals surface area contributed by atoms with Crippen LogP contribution in [0.15, 0.2) is 64.3 Å². The van der Waals surface area contributed by atoms with E-state index in [0.29, 0.717) is 28.1 Å². The van der Waals surface area contributed by atoms with Gasteiger partial charge in [-0.25, -0.2) is 9.29 Å². The third-order valence-corrected chi connectivity index (χ3v) is 4.43. The second-order valence-electron chi connectivity index (χ2n) is 5.42. The number of allylic oxidation sites excluding steroid dienone is 1. The van der Waals surface area contributed by atoms with Gasteiger partial charge in [-0.15, -0.1) is 0 Å². The van der Waals surface area contributed by atoms with Gasteiger partial charge in [-0.3, -0.25) is 14.6 Å². The van der Waals surface area contributed by atoms with Crippen molar-refractivity contribution < 1.29 is 14.0 Å². The van der Waals surface area contributed by atoms with E-state index < -0.39 is 11.8 Å². The van der Waals surface area contributed by atoms with Crippen molar-refractivity contribution in [3.05, 3.63) is 81.8 Å². The number of halogens is 2. The lowest BCUT2D eigenvalue weighted by Crippen LogP contribution is -2.30. The molecule has 2 heterocycles. The quantitative estimate of drug-likeness (QED) is 0.787. The molecule has 2 aliphatic heterocycles. The number of hydrogen-bond donors (Lipinski definition) is 0. The molecule has 0 bridgehead atoms. The molecular formula is C18H10ClFN2O2. The molecule has 0 atom stereocenters. The molecule has 0 fully saturated rings. The summed E-state index contributed by atoms with van der Waals surface area (Å²) >= 11 is 6.38. The van der Waals surface area contributed by atoms with Gasteiger partial charge < -0.3 is 0 Å². The van der Waals surface area contributed by atoms with Crippen molar-refractivity contribution in [2.75, 3.05) is 6.54 Å². The van der Waals surface area contributed by atoms with Crippen LogP contribution in [0.2, 0.25) is 0 Å². The van der Waals surface area contributed by atoms with Gasteiger partial charge in [0.15, 0.2) is 0 Å². The largest absolute Gasteiger partial charge is 0.277 e. The average Bonchev–Trinajstić information content (AvgIpc) is 3.08. The molecule has 2 amide bonds. The van der Waals surface area contributed by atoms with E-state index in [9.17, 15) is 14.0 Å². The topological polar surface area (TPSA) is 49.7 Å². The molecule has 0 saturated carbocycles. The van der Waals surface area contributed by atoms with Crippen LogP contribution < -0.4 is 0 Å². The van der Waals surface area contributed by atoms with Gasteiger partial charge in [0.1, 0.15) is 5.82 Å². The van der Waals surface area contributed by atoms with Crippen LogP contribution in [0.4, 0.5) is 4.39 Å². The summed E-state index contributed by atoms with van der Waals surface area (Å²) in [5, 5.41) is 0.233. The van der Waals surface area contributed by atoms with E-state index in [4.69, 9.17) is 11.6 Å². The fourth-order valence-corrected chi connectivity index (χ4v) is 3.17. The molecule has 0 aromatic heterocycles. The Morgan fingerprint density at radius 2 is 1.54 bits per heavy atom. The third kappa shape index (κ3) is 2.09. The van der Waals surface area contributed by atoms with Gasteiger partial charge in [-0.2, -0.15) is 0 Å². The van der Waals surface area contributed by atoms with Crippen LogP contribution in [0.3, 0.4) is 0 Å². The molecule has 0 saturated heterocycles. The monoisotopic (exact) mass is 340 g/mol. The first-order valence-electron chi connectivity index (χ1n) is 7.25. The van der Waals surface area contributed by atoms with Gasteiger partial charge in [0.2, 0.25) is 0 Å². The number of carbonyl (C=O) groups excluding carboxylic acids is 2. The van der Waals surface area contributed by atoms with E-state index >= 15 is 0 Å². The van der Waals surface area contributed by atoms with Gasteiger partial charge in [0.05, 0.1) is 34.1 Å². The van der Waals surface area contributed by atoms with Crippen molar-refractivity contribution in [2.45, 2.75) is 0 Å². The normalized spacial score (nSPS) is 16.8. The van der Waals surface area contributed by atoms with Gasteiger partial charge in [-0.05, 0) is 36.4 Å². The van der Waals surface area contributed by atoms with E-state index in [-0.39, 0.29) is 17.4 Å². The highest BCUT2D eigenvalue weighted by atomic mass is 35.5. The van der Waals surface area contributed by atoms with Crippen molar-refractivity contribution in [3.8, 4) is 0 Å². The Morgan fingerprint density at radius 3 is 2.12 bits per heavy atom. The molecule has 4 rings (SSSR count). The minimum Gasteiger partial charge on any atom is -0.277 e. The zero-order valence-corrected chi connectivity index (χ0v) is 13.0. The van der Waals surface area contributed by atoms with Crippen LogP contribution >= 0.6 is 11.6 Å². The first-order chi connectivity index (χ1) is 11.6. The van der Waals surface area contributed by atoms with Crippen LogP contribution in [0.25, 0.3) is 0 Å². The van der Waals surface area contributed by atoms with Crippen molar-refractivity contribution in [3.63, 3.8) is 0 Å². The number of fused-ring (bicyclic) bond motifs is 1. The van der Waals surface area contributed by atoms with E-state index in [2.05, 4.69) is 4.99 Å². The minimum absolute atomic E-state index is 0.122. The van der Waals surface area contributed by atoms with Gasteiger partial charge in [0.25, 0.3) is 11.8 Å². The third-order valence-electron chi connectivity index (χ3n) is 4.03. The molecule has 2 aromatic carbocycles. The minimum atomic E-state index is -0.403. The molecule has 118 valence electrons. The Kier molecular flexibility index (Phi) is 3.32. The summed E-state index contributed by atoms with van der Waals surface area (Å²) < 4.78 is 13.1. The summed E-state index contributed by atoms with van der Waals surface area (Å²) in [6, 6.07) is 12.4. The molecule has 0 N–H and O–H groups in total. The Hall–Kier alpha value is -2.79. The first-order valence-corrected chi connectivity index (χ1v) is 7.63. The number of amides is 2. The first kappa shape index (κ1) is 14.8. The zero-order valence-electron chi connectivity index (χ0n) is 12.3. The Balaban J connectivity index is 1.73. The summed E-state index contributed by atoms with van der Waals surface area (Å²) in [5.41, 5.74) is 2.14. The lowest BCUT2D eigenvalue weighted by Gasteiger charge is -2.15. The Bertz CT molecular complexity index is 913. The van der Waals surface area contributed by atoms with E-state index in [1.54, 1.807) is 36.4 Å². The molecule has 6 heteroatoms. The summed E-state index contributed by atoms with van der Waals surface area (Å²) in [4.78, 5) is 30.5. The Labute approximate surface area is 141 Å². The van der Waals surface area contributed by atoms with Gasteiger partial charge >= 0.3 is 0 Å². The zero-order chi connectivity index (χ0) is 16.8. The van der Waals surface area contributed by atoms with Crippen molar-refractivity contribution in [1.82, 2.24) is 4.90 Å². The number of imide groups is 1. The standard InChI is InChI=1S/C18H10ClFN2O2/c19-15-14(9-21-16(15)10-5-7-11(20)8-6-10)22-17(23)12-3-1-2-4-13(12)18(22)24/h1-8H,9H2. The number of hydrogen-bond acceptors (Lipinski definition) is 3. The van der Waals surface area contributed by atoms with Crippen molar-refractivity contribution >= 4 is 29.1 Å². The highest BCUT2D eigenvalue weighted by molar-refractivity contribution is 6.47. The number of rotatable bonds is 2. The van der Waals surface area contributed by atoms with Crippen LogP contribution in [-0.2, 0) is 0 Å². The molecule has 0 spiro atoms. The Morgan fingerprint density at radius 1 is 0.958 bits per heavy atom. The van der Waals surface area contributed by atoms with Gasteiger partial charge in [0, 0.05) is 5.56 Å². The van der Waals surface area contributed by atoms with Crippen LogP contribution in [0.1, 0.15) is 26.3 Å². The number of benzene rings is 2. The van der Waals surface area contributed by atoms with E-state index in [1.807, 2.05) is 0 Å². The van der Waals surface area contributed by atoms with E-state index in [1.165, 1.54) is 12.1 Å². The highest BCUT2D eigenvalue weighted by Crippen LogP contribution is 2.32. The fourth-order valence-electron chi connectivity index (χ4n) is 2.86. The van der Waals surface area contributed by atoms with Crippen LogP contribution in [-0.4, -0.2) is 29.0 Å². The molecule has 0 aliphatic carbocycles. The number of nitrogens with zero attached hydrogens (tertiary/aromatic N) is 2. The SMILES string of the molecule is O=C1c2ccccc2C(=O)N1C1=C(Cl)C(c2ccc(F)cc2)=NC1. The lowest BCUT2D eigenvalue weighted by atomic mass is 10.1. The number of carbonyl (C=O) groups is 2. The molecule has 4 nitrogen and oxygen atoms in total. The summed E-state index contributed by atoms with van der Waals surface area (Å²) in [5.74, 6) is -1.17. The predicted octanol–water partition coefficient (Wildman–Crippen LogP) is 3.38. The van der Waals surface area contributed by atoms with Crippen LogP contribution in [0, 0.1) is 5.82 Å². The molecule has 2 aromatic rings. The summed E-state index contributed by atoms with van der Waals surface area (Å²) in [6.07, 6.45) is 0. The lowest BCUT2D eigenvalue weighted by molar-refractivity contribution is 0.0703. The van der Waals surface area contributed by atoms with Crippen molar-refractivity contribution in [1.29, 1.82) is 0 Å². The van der Waals surface area contributed by atoms with E-state index in [0.717, 1.165) is 4.90 Å². The molecule has 0 radical (unpaired) electrons. The van der Waals surface area contributed by atoms with Gasteiger partial charge in [-0.1, -0.05) is 23.7 Å². The van der Waals surface area contributed by atoms with Crippen molar-refractivity contribution in [2.24, 2.45) is 4.99 Å². The number of aliphatic imine (C=N–C) groups is 1. The maximum absolute atomic E-state index is 13.1. The average molecular weight is 341 g/mol. The molecule has 2 aliphatic rings. The maximum Gasteiger partial charge on any atom is 0.265 e. The summed E-state index contributed by atoms with van der Waals surface area (Å²) in [6.45, 7) is 0.122. The van der Waals surface area contributed by atoms with Crippen LogP contribution in [0.5, 0.6) is 0 Å². The highest BCUT2D eigenvalue weighted by Gasteiger charge is 2.40. The maximum atomic E-state index is 13.1. The molecule has 24 heavy (non-hydrogen) atoms. The predicted molar refractivity (Wildman–Crippen MR) is 87.6 cm³/mol.